The molecular weight excluding hydrogens is 326 g/mol. The standard InChI is InChI=1S/C18H22ClN3O2/c1-21-15-9-12(19)6-7-13(15)20-17(21)10-22-14-5-3-2-4-11(14)8-16(22)18(23)24/h6-7,9,11,14,16H,2-5,8,10H2,1H3,(H,23,24). The van der Waals surface area contributed by atoms with Gasteiger partial charge < -0.3 is 9.67 Å². The maximum absolute atomic E-state index is 11.8. The zero-order valence-electron chi connectivity index (χ0n) is 13.8. The number of carboxylic acid groups (broad SMARTS) is 1. The van der Waals surface area contributed by atoms with Crippen molar-refractivity contribution in [2.24, 2.45) is 13.0 Å². The van der Waals surface area contributed by atoms with Gasteiger partial charge in [-0.3, -0.25) is 9.69 Å². The highest BCUT2D eigenvalue weighted by molar-refractivity contribution is 6.31. The number of nitrogens with zero attached hydrogens (tertiary/aromatic N) is 3. The molecule has 2 aromatic rings. The van der Waals surface area contributed by atoms with E-state index in [-0.39, 0.29) is 6.04 Å². The van der Waals surface area contributed by atoms with Gasteiger partial charge in [-0.05, 0) is 43.4 Å². The van der Waals surface area contributed by atoms with Crippen molar-refractivity contribution in [1.29, 1.82) is 0 Å². The molecule has 128 valence electrons. The molecule has 0 amide bonds. The van der Waals surface area contributed by atoms with Gasteiger partial charge in [0.2, 0.25) is 0 Å². The number of hydrogen-bond acceptors (Lipinski definition) is 3. The second-order valence-corrected chi connectivity index (χ2v) is 7.53. The monoisotopic (exact) mass is 347 g/mol. The minimum absolute atomic E-state index is 0.378. The van der Waals surface area contributed by atoms with Crippen molar-refractivity contribution in [3.63, 3.8) is 0 Å². The van der Waals surface area contributed by atoms with E-state index in [2.05, 4.69) is 4.90 Å². The zero-order chi connectivity index (χ0) is 16.8. The van der Waals surface area contributed by atoms with Gasteiger partial charge in [0, 0.05) is 18.1 Å². The van der Waals surface area contributed by atoms with E-state index in [1.807, 2.05) is 29.8 Å². The van der Waals surface area contributed by atoms with Crippen LogP contribution < -0.4 is 0 Å². The summed E-state index contributed by atoms with van der Waals surface area (Å²) >= 11 is 6.10. The lowest BCUT2D eigenvalue weighted by atomic mass is 9.85. The Morgan fingerprint density at radius 2 is 2.17 bits per heavy atom. The lowest BCUT2D eigenvalue weighted by Gasteiger charge is -2.32. The third-order valence-corrected chi connectivity index (χ3v) is 6.00. The summed E-state index contributed by atoms with van der Waals surface area (Å²) in [7, 11) is 1.98. The molecule has 4 rings (SSSR count). The number of benzene rings is 1. The van der Waals surface area contributed by atoms with Gasteiger partial charge in [0.15, 0.2) is 0 Å². The summed E-state index contributed by atoms with van der Waals surface area (Å²) in [6.07, 6.45) is 5.46. The molecule has 1 aromatic carbocycles. The first-order valence-corrected chi connectivity index (χ1v) is 9.02. The maximum atomic E-state index is 11.8. The highest BCUT2D eigenvalue weighted by Gasteiger charge is 2.45. The fraction of sp³-hybridized carbons (Fsp3) is 0.556. The van der Waals surface area contributed by atoms with Crippen molar-refractivity contribution in [2.75, 3.05) is 0 Å². The van der Waals surface area contributed by atoms with Crippen molar-refractivity contribution >= 4 is 28.6 Å². The van der Waals surface area contributed by atoms with Gasteiger partial charge >= 0.3 is 5.97 Å². The molecule has 2 fully saturated rings. The predicted molar refractivity (Wildman–Crippen MR) is 93.1 cm³/mol. The molecule has 24 heavy (non-hydrogen) atoms. The minimum atomic E-state index is -0.703. The molecule has 3 unspecified atom stereocenters. The zero-order valence-corrected chi connectivity index (χ0v) is 14.5. The Morgan fingerprint density at radius 3 is 2.96 bits per heavy atom. The van der Waals surface area contributed by atoms with E-state index in [1.54, 1.807) is 0 Å². The Balaban J connectivity index is 1.67. The molecule has 1 saturated carbocycles. The summed E-state index contributed by atoms with van der Waals surface area (Å²) in [6.45, 7) is 0.584. The minimum Gasteiger partial charge on any atom is -0.480 e. The molecule has 2 heterocycles. The summed E-state index contributed by atoms with van der Waals surface area (Å²) in [5.41, 5.74) is 1.90. The third kappa shape index (κ3) is 2.60. The molecule has 1 saturated heterocycles. The van der Waals surface area contributed by atoms with Crippen LogP contribution in [-0.4, -0.2) is 37.6 Å². The summed E-state index contributed by atoms with van der Waals surface area (Å²) < 4.78 is 2.04. The van der Waals surface area contributed by atoms with Crippen LogP contribution in [0.4, 0.5) is 0 Å². The highest BCUT2D eigenvalue weighted by Crippen LogP contribution is 2.40. The van der Waals surface area contributed by atoms with Crippen molar-refractivity contribution in [3.8, 4) is 0 Å². The topological polar surface area (TPSA) is 58.4 Å². The van der Waals surface area contributed by atoms with Gasteiger partial charge in [-0.25, -0.2) is 4.98 Å². The largest absolute Gasteiger partial charge is 0.480 e. The number of aromatic nitrogens is 2. The normalized spacial score (nSPS) is 27.5. The van der Waals surface area contributed by atoms with Gasteiger partial charge in [-0.15, -0.1) is 0 Å². The van der Waals surface area contributed by atoms with Gasteiger partial charge in [-0.2, -0.15) is 0 Å². The Kier molecular flexibility index (Phi) is 4.01. The van der Waals surface area contributed by atoms with Crippen LogP contribution in [0.5, 0.6) is 0 Å². The van der Waals surface area contributed by atoms with Crippen molar-refractivity contribution < 1.29 is 9.90 Å². The van der Waals surface area contributed by atoms with Gasteiger partial charge in [0.25, 0.3) is 0 Å². The molecule has 0 radical (unpaired) electrons. The average molecular weight is 348 g/mol. The van der Waals surface area contributed by atoms with Crippen LogP contribution >= 0.6 is 11.6 Å². The van der Waals surface area contributed by atoms with Crippen LogP contribution in [0, 0.1) is 5.92 Å². The van der Waals surface area contributed by atoms with E-state index >= 15 is 0 Å². The number of carboxylic acids is 1. The molecule has 3 atom stereocenters. The summed E-state index contributed by atoms with van der Waals surface area (Å²) in [5.74, 6) is 0.722. The second kappa shape index (κ2) is 6.05. The molecule has 0 spiro atoms. The number of fused-ring (bicyclic) bond motifs is 2. The first-order chi connectivity index (χ1) is 11.5. The molecule has 5 nitrogen and oxygen atoms in total. The number of aryl methyl sites for hydroxylation is 1. The quantitative estimate of drug-likeness (QED) is 0.924. The fourth-order valence-electron chi connectivity index (χ4n) is 4.54. The van der Waals surface area contributed by atoms with E-state index in [0.29, 0.717) is 23.5 Å². The molecular formula is C18H22ClN3O2. The number of rotatable bonds is 3. The number of hydrogen-bond donors (Lipinski definition) is 1. The second-order valence-electron chi connectivity index (χ2n) is 7.09. The smallest absolute Gasteiger partial charge is 0.320 e. The molecule has 1 aliphatic carbocycles. The Labute approximate surface area is 146 Å². The summed E-state index contributed by atoms with van der Waals surface area (Å²) in [5, 5.41) is 10.4. The van der Waals surface area contributed by atoms with Crippen LogP contribution in [0.2, 0.25) is 5.02 Å². The predicted octanol–water partition coefficient (Wildman–Crippen LogP) is 3.44. The SMILES string of the molecule is Cn1c(CN2C(C(=O)O)CC3CCCCC32)nc2ccc(Cl)cc21. The number of imidazole rings is 1. The number of likely N-dealkylation sites (tertiary alicyclic amines) is 1. The van der Waals surface area contributed by atoms with Crippen molar-refractivity contribution in [2.45, 2.75) is 50.7 Å². The van der Waals surface area contributed by atoms with Crippen molar-refractivity contribution in [1.82, 2.24) is 14.5 Å². The van der Waals surface area contributed by atoms with Gasteiger partial charge in [-0.1, -0.05) is 24.4 Å². The van der Waals surface area contributed by atoms with Gasteiger partial charge in [0.05, 0.1) is 17.6 Å². The van der Waals surface area contributed by atoms with Gasteiger partial charge in [0.1, 0.15) is 11.9 Å². The molecule has 1 aromatic heterocycles. The fourth-order valence-corrected chi connectivity index (χ4v) is 4.71. The van der Waals surface area contributed by atoms with E-state index in [9.17, 15) is 9.90 Å². The lowest BCUT2D eigenvalue weighted by Crippen LogP contribution is -2.42. The van der Waals surface area contributed by atoms with Crippen LogP contribution in [0.15, 0.2) is 18.2 Å². The van der Waals surface area contributed by atoms with Crippen molar-refractivity contribution in [3.05, 3.63) is 29.0 Å². The molecule has 2 aliphatic rings. The molecule has 6 heteroatoms. The van der Waals surface area contributed by atoms with Crippen LogP contribution in [0.25, 0.3) is 11.0 Å². The Bertz CT molecular complexity index is 788. The summed E-state index contributed by atoms with van der Waals surface area (Å²) in [4.78, 5) is 18.7. The Morgan fingerprint density at radius 1 is 1.38 bits per heavy atom. The Hall–Kier alpha value is -1.59. The number of halogens is 1. The van der Waals surface area contributed by atoms with Crippen LogP contribution in [-0.2, 0) is 18.4 Å². The van der Waals surface area contributed by atoms with Crippen LogP contribution in [0.1, 0.15) is 37.9 Å². The molecule has 1 N–H and O–H groups in total. The highest BCUT2D eigenvalue weighted by atomic mass is 35.5. The van der Waals surface area contributed by atoms with E-state index in [1.165, 1.54) is 12.8 Å². The van der Waals surface area contributed by atoms with E-state index < -0.39 is 5.97 Å². The first-order valence-electron chi connectivity index (χ1n) is 8.64. The van der Waals surface area contributed by atoms with E-state index in [4.69, 9.17) is 16.6 Å². The van der Waals surface area contributed by atoms with Crippen LogP contribution in [0.3, 0.4) is 0 Å². The molecule has 1 aliphatic heterocycles. The third-order valence-electron chi connectivity index (χ3n) is 5.77. The summed E-state index contributed by atoms with van der Waals surface area (Å²) in [6, 6.07) is 5.66. The molecule has 0 bridgehead atoms. The average Bonchev–Trinajstić information content (AvgIpc) is 3.08. The maximum Gasteiger partial charge on any atom is 0.320 e. The number of carbonyl (C=O) groups is 1. The van der Waals surface area contributed by atoms with E-state index in [0.717, 1.165) is 36.1 Å². The number of aliphatic carboxylic acids is 1. The first kappa shape index (κ1) is 15.9. The lowest BCUT2D eigenvalue weighted by molar-refractivity contribution is -0.143.